The molecule has 0 saturated carbocycles. The van der Waals surface area contributed by atoms with Gasteiger partial charge in [-0.05, 0) is 37.7 Å². The van der Waals surface area contributed by atoms with Crippen molar-refractivity contribution in [3.05, 3.63) is 28.8 Å². The highest BCUT2D eigenvalue weighted by Crippen LogP contribution is 2.22. The fourth-order valence-corrected chi connectivity index (χ4v) is 3.08. The summed E-state index contributed by atoms with van der Waals surface area (Å²) in [6, 6.07) is 6.02. The highest BCUT2D eigenvalue weighted by Gasteiger charge is 2.17. The lowest BCUT2D eigenvalue weighted by Gasteiger charge is -2.08. The van der Waals surface area contributed by atoms with Crippen LogP contribution in [0.4, 0.5) is 0 Å². The summed E-state index contributed by atoms with van der Waals surface area (Å²) < 4.78 is 26.5. The molecule has 0 radical (unpaired) electrons. The fourth-order valence-electron chi connectivity index (χ4n) is 1.46. The van der Waals surface area contributed by atoms with Gasteiger partial charge in [-0.1, -0.05) is 18.5 Å². The Morgan fingerprint density at radius 1 is 1.37 bits per heavy atom. The van der Waals surface area contributed by atoms with Gasteiger partial charge in [0.25, 0.3) is 0 Å². The molecule has 0 spiro atoms. The van der Waals surface area contributed by atoms with Gasteiger partial charge >= 0.3 is 0 Å². The van der Waals surface area contributed by atoms with E-state index in [1.165, 1.54) is 18.2 Å². The summed E-state index contributed by atoms with van der Waals surface area (Å²) in [5.41, 5.74) is 0.330. The van der Waals surface area contributed by atoms with Crippen molar-refractivity contribution in [2.24, 2.45) is 0 Å². The van der Waals surface area contributed by atoms with Crippen LogP contribution in [-0.2, 0) is 10.0 Å². The monoisotopic (exact) mass is 301 g/mol. The SMILES string of the molecule is CCNCCCNS(=O)(=O)c1ccc(C#N)cc1Cl. The average Bonchev–Trinajstić information content (AvgIpc) is 2.37. The van der Waals surface area contributed by atoms with Gasteiger partial charge in [-0.25, -0.2) is 13.1 Å². The minimum atomic E-state index is -3.62. The molecule has 1 aromatic carbocycles. The standard InChI is InChI=1S/C12H16ClN3O2S/c1-2-15-6-3-7-16-19(17,18)12-5-4-10(9-14)8-11(12)13/h4-5,8,15-16H,2-3,6-7H2,1H3. The average molecular weight is 302 g/mol. The van der Waals surface area contributed by atoms with Crippen molar-refractivity contribution in [2.45, 2.75) is 18.2 Å². The summed E-state index contributed by atoms with van der Waals surface area (Å²) in [5.74, 6) is 0. The summed E-state index contributed by atoms with van der Waals surface area (Å²) in [7, 11) is -3.62. The minimum Gasteiger partial charge on any atom is -0.317 e. The molecule has 0 unspecified atom stereocenters. The Morgan fingerprint density at radius 3 is 2.68 bits per heavy atom. The van der Waals surface area contributed by atoms with Gasteiger partial charge in [-0.2, -0.15) is 5.26 Å². The molecule has 0 aliphatic heterocycles. The van der Waals surface area contributed by atoms with Crippen LogP contribution in [0.25, 0.3) is 0 Å². The number of nitrogens with zero attached hydrogens (tertiary/aromatic N) is 1. The second-order valence-corrected chi connectivity index (χ2v) is 6.00. The molecule has 19 heavy (non-hydrogen) atoms. The molecule has 1 rings (SSSR count). The largest absolute Gasteiger partial charge is 0.317 e. The smallest absolute Gasteiger partial charge is 0.242 e. The molecule has 104 valence electrons. The number of sulfonamides is 1. The van der Waals surface area contributed by atoms with E-state index in [9.17, 15) is 8.42 Å². The van der Waals surface area contributed by atoms with Crippen molar-refractivity contribution >= 4 is 21.6 Å². The van der Waals surface area contributed by atoms with Gasteiger partial charge in [0, 0.05) is 6.54 Å². The second-order valence-electron chi connectivity index (χ2n) is 3.86. The lowest BCUT2D eigenvalue weighted by atomic mass is 10.2. The van der Waals surface area contributed by atoms with Crippen LogP contribution >= 0.6 is 11.6 Å². The summed E-state index contributed by atoms with van der Waals surface area (Å²) in [6.45, 7) is 3.93. The number of hydrogen-bond donors (Lipinski definition) is 2. The maximum absolute atomic E-state index is 12.0. The molecule has 0 aliphatic rings. The summed E-state index contributed by atoms with van der Waals surface area (Å²) >= 11 is 5.87. The van der Waals surface area contributed by atoms with Crippen LogP contribution in [0.3, 0.4) is 0 Å². The van der Waals surface area contributed by atoms with Gasteiger partial charge in [0.1, 0.15) is 4.90 Å². The van der Waals surface area contributed by atoms with Crippen molar-refractivity contribution in [3.8, 4) is 6.07 Å². The van der Waals surface area contributed by atoms with Crippen LogP contribution in [0, 0.1) is 11.3 Å². The number of nitriles is 1. The predicted molar refractivity (Wildman–Crippen MR) is 74.5 cm³/mol. The first-order valence-corrected chi connectivity index (χ1v) is 7.77. The van der Waals surface area contributed by atoms with Crippen molar-refractivity contribution in [1.82, 2.24) is 10.0 Å². The van der Waals surface area contributed by atoms with Gasteiger partial charge in [0.15, 0.2) is 0 Å². The zero-order valence-corrected chi connectivity index (χ0v) is 12.2. The third-order valence-electron chi connectivity index (χ3n) is 2.42. The van der Waals surface area contributed by atoms with E-state index in [4.69, 9.17) is 16.9 Å². The molecular weight excluding hydrogens is 286 g/mol. The van der Waals surface area contributed by atoms with Crippen LogP contribution in [0.5, 0.6) is 0 Å². The number of benzene rings is 1. The molecule has 5 nitrogen and oxygen atoms in total. The van der Waals surface area contributed by atoms with E-state index in [2.05, 4.69) is 10.0 Å². The zero-order valence-electron chi connectivity index (χ0n) is 10.6. The highest BCUT2D eigenvalue weighted by molar-refractivity contribution is 7.89. The Bertz CT molecular complexity index is 567. The third kappa shape index (κ3) is 4.80. The van der Waals surface area contributed by atoms with Crippen molar-refractivity contribution in [2.75, 3.05) is 19.6 Å². The van der Waals surface area contributed by atoms with Crippen molar-refractivity contribution in [3.63, 3.8) is 0 Å². The number of halogens is 1. The topological polar surface area (TPSA) is 82.0 Å². The summed E-state index contributed by atoms with van der Waals surface area (Å²) in [5, 5.41) is 11.9. The van der Waals surface area contributed by atoms with E-state index in [1.54, 1.807) is 0 Å². The quantitative estimate of drug-likeness (QED) is 0.748. The minimum absolute atomic E-state index is 0.00313. The van der Waals surface area contributed by atoms with Crippen molar-refractivity contribution in [1.29, 1.82) is 5.26 Å². The van der Waals surface area contributed by atoms with E-state index >= 15 is 0 Å². The Kier molecular flexibility index (Phi) is 6.25. The highest BCUT2D eigenvalue weighted by atomic mass is 35.5. The van der Waals surface area contributed by atoms with Gasteiger partial charge in [-0.3, -0.25) is 0 Å². The maximum atomic E-state index is 12.0. The number of rotatable bonds is 7. The molecule has 0 aromatic heterocycles. The van der Waals surface area contributed by atoms with Crippen LogP contribution < -0.4 is 10.0 Å². The van der Waals surface area contributed by atoms with Crippen LogP contribution in [0.2, 0.25) is 5.02 Å². The van der Waals surface area contributed by atoms with E-state index in [0.717, 1.165) is 13.1 Å². The van der Waals surface area contributed by atoms with Gasteiger partial charge in [0.05, 0.1) is 16.7 Å². The van der Waals surface area contributed by atoms with Crippen LogP contribution in [-0.4, -0.2) is 28.1 Å². The molecule has 0 bridgehead atoms. The summed E-state index contributed by atoms with van der Waals surface area (Å²) in [4.78, 5) is -0.00313. The zero-order chi connectivity index (χ0) is 14.3. The van der Waals surface area contributed by atoms with E-state index < -0.39 is 10.0 Å². The lowest BCUT2D eigenvalue weighted by Crippen LogP contribution is -2.27. The van der Waals surface area contributed by atoms with Crippen LogP contribution in [0.1, 0.15) is 18.9 Å². The first kappa shape index (κ1) is 15.9. The molecule has 7 heteroatoms. The lowest BCUT2D eigenvalue weighted by molar-refractivity contribution is 0.575. The Morgan fingerprint density at radius 2 is 2.11 bits per heavy atom. The normalized spacial score (nSPS) is 11.2. The molecule has 1 aromatic rings. The Hall–Kier alpha value is -1.13. The van der Waals surface area contributed by atoms with E-state index in [0.29, 0.717) is 18.5 Å². The second kappa shape index (κ2) is 7.46. The molecular formula is C12H16ClN3O2S. The molecule has 0 saturated heterocycles. The Balaban J connectivity index is 2.70. The third-order valence-corrected chi connectivity index (χ3v) is 4.37. The Labute approximate surface area is 118 Å². The molecule has 0 atom stereocenters. The molecule has 2 N–H and O–H groups in total. The van der Waals surface area contributed by atoms with Gasteiger partial charge in [-0.15, -0.1) is 0 Å². The fraction of sp³-hybridized carbons (Fsp3) is 0.417. The van der Waals surface area contributed by atoms with E-state index in [-0.39, 0.29) is 9.92 Å². The first-order valence-electron chi connectivity index (χ1n) is 5.91. The van der Waals surface area contributed by atoms with Gasteiger partial charge in [0.2, 0.25) is 10.0 Å². The van der Waals surface area contributed by atoms with Crippen molar-refractivity contribution < 1.29 is 8.42 Å². The molecule has 0 aliphatic carbocycles. The maximum Gasteiger partial charge on any atom is 0.242 e. The number of nitrogens with one attached hydrogen (secondary N) is 2. The van der Waals surface area contributed by atoms with Gasteiger partial charge < -0.3 is 5.32 Å². The first-order chi connectivity index (χ1) is 9.01. The summed E-state index contributed by atoms with van der Waals surface area (Å²) in [6.07, 6.45) is 0.695. The number of hydrogen-bond acceptors (Lipinski definition) is 4. The molecule has 0 fully saturated rings. The molecule has 0 heterocycles. The predicted octanol–water partition coefficient (Wildman–Crippen LogP) is 1.49. The molecule has 0 amide bonds. The van der Waals surface area contributed by atoms with Crippen LogP contribution in [0.15, 0.2) is 23.1 Å². The van der Waals surface area contributed by atoms with E-state index in [1.807, 2.05) is 13.0 Å².